The number of aromatic nitrogens is 2. The molecule has 1 N–H and O–H groups in total. The number of morpholine rings is 1. The maximum Gasteiger partial charge on any atom is 0.122 e. The molecule has 0 bridgehead atoms. The van der Waals surface area contributed by atoms with Crippen molar-refractivity contribution in [3.8, 4) is 5.75 Å². The van der Waals surface area contributed by atoms with Crippen LogP contribution < -0.4 is 0 Å². The molecule has 6 nitrogen and oxygen atoms in total. The molecule has 27 heavy (non-hydrogen) atoms. The molecule has 1 aliphatic heterocycles. The van der Waals surface area contributed by atoms with Gasteiger partial charge >= 0.3 is 0 Å². The third-order valence-electron chi connectivity index (χ3n) is 4.98. The second kappa shape index (κ2) is 7.80. The van der Waals surface area contributed by atoms with Crippen molar-refractivity contribution in [3.05, 3.63) is 53.9 Å². The molecule has 1 aromatic heterocycles. The molecule has 1 aliphatic rings. The average molecular weight is 385 g/mol. The fourth-order valence-electron chi connectivity index (χ4n) is 3.39. The summed E-state index contributed by atoms with van der Waals surface area (Å²) in [6.45, 7) is 3.73. The summed E-state index contributed by atoms with van der Waals surface area (Å²) in [5.74, 6) is 1.34. The van der Waals surface area contributed by atoms with Crippen molar-refractivity contribution in [2.45, 2.75) is 17.2 Å². The zero-order valence-electron chi connectivity index (χ0n) is 15.3. The van der Waals surface area contributed by atoms with Gasteiger partial charge in [0.25, 0.3) is 0 Å². The third kappa shape index (κ3) is 3.76. The minimum absolute atomic E-state index is 0.253. The van der Waals surface area contributed by atoms with E-state index in [1.54, 1.807) is 6.07 Å². The SMILES string of the molecule is Cn1c(CS(=O)c2ccccc2)nc2c(CN3CCOCC3)c(O)ccc21. The molecule has 1 saturated heterocycles. The summed E-state index contributed by atoms with van der Waals surface area (Å²) in [6.07, 6.45) is 0. The van der Waals surface area contributed by atoms with Crippen LogP contribution in [0.5, 0.6) is 5.75 Å². The lowest BCUT2D eigenvalue weighted by Crippen LogP contribution is -2.35. The van der Waals surface area contributed by atoms with Gasteiger partial charge in [-0.2, -0.15) is 0 Å². The number of fused-ring (bicyclic) bond motifs is 1. The number of phenolic OH excluding ortho intramolecular Hbond substituents is 1. The zero-order valence-corrected chi connectivity index (χ0v) is 16.1. The van der Waals surface area contributed by atoms with Crippen LogP contribution >= 0.6 is 0 Å². The maximum absolute atomic E-state index is 12.7. The quantitative estimate of drug-likeness (QED) is 0.731. The minimum Gasteiger partial charge on any atom is -0.508 e. The molecular weight excluding hydrogens is 362 g/mol. The van der Waals surface area contributed by atoms with Crippen molar-refractivity contribution >= 4 is 21.8 Å². The van der Waals surface area contributed by atoms with E-state index in [-0.39, 0.29) is 5.75 Å². The van der Waals surface area contributed by atoms with Gasteiger partial charge in [-0.1, -0.05) is 18.2 Å². The van der Waals surface area contributed by atoms with Crippen LogP contribution in [-0.4, -0.2) is 50.1 Å². The Bertz CT molecular complexity index is 966. The highest BCUT2D eigenvalue weighted by Gasteiger charge is 2.19. The highest BCUT2D eigenvalue weighted by molar-refractivity contribution is 7.84. The molecule has 1 fully saturated rings. The smallest absolute Gasteiger partial charge is 0.122 e. The summed E-state index contributed by atoms with van der Waals surface area (Å²) in [5, 5.41) is 10.4. The third-order valence-corrected chi connectivity index (χ3v) is 6.30. The van der Waals surface area contributed by atoms with Gasteiger partial charge in [-0.25, -0.2) is 4.98 Å². The van der Waals surface area contributed by atoms with Gasteiger partial charge in [-0.3, -0.25) is 9.11 Å². The number of aromatic hydroxyl groups is 1. The molecule has 1 atom stereocenters. The number of benzene rings is 2. The molecule has 0 saturated carbocycles. The highest BCUT2D eigenvalue weighted by Crippen LogP contribution is 2.29. The molecule has 0 aliphatic carbocycles. The number of nitrogens with zero attached hydrogens (tertiary/aromatic N) is 3. The molecule has 0 amide bonds. The van der Waals surface area contributed by atoms with Crippen molar-refractivity contribution in [1.82, 2.24) is 14.5 Å². The highest BCUT2D eigenvalue weighted by atomic mass is 32.2. The Hall–Kier alpha value is -2.22. The molecular formula is C20H23N3O3S. The van der Waals surface area contributed by atoms with Crippen LogP contribution in [0, 0.1) is 0 Å². The number of ether oxygens (including phenoxy) is 1. The fraction of sp³-hybridized carbons (Fsp3) is 0.350. The van der Waals surface area contributed by atoms with Gasteiger partial charge in [-0.05, 0) is 24.3 Å². The molecule has 2 heterocycles. The lowest BCUT2D eigenvalue weighted by molar-refractivity contribution is 0.0340. The summed E-state index contributed by atoms with van der Waals surface area (Å²) in [4.78, 5) is 7.81. The first-order valence-corrected chi connectivity index (χ1v) is 10.3. The Labute approximate surface area is 160 Å². The molecule has 142 valence electrons. The van der Waals surface area contributed by atoms with Gasteiger partial charge in [0.1, 0.15) is 11.6 Å². The molecule has 2 aromatic carbocycles. The van der Waals surface area contributed by atoms with Gasteiger partial charge in [-0.15, -0.1) is 0 Å². The van der Waals surface area contributed by atoms with Gasteiger partial charge in [0.15, 0.2) is 0 Å². The van der Waals surface area contributed by atoms with E-state index < -0.39 is 10.8 Å². The predicted octanol–water partition coefficient (Wildman–Crippen LogP) is 2.42. The molecule has 3 aromatic rings. The van der Waals surface area contributed by atoms with Crippen LogP contribution in [-0.2, 0) is 34.9 Å². The van der Waals surface area contributed by atoms with Crippen LogP contribution in [0.1, 0.15) is 11.4 Å². The Morgan fingerprint density at radius 3 is 2.63 bits per heavy atom. The van der Waals surface area contributed by atoms with E-state index in [4.69, 9.17) is 9.72 Å². The van der Waals surface area contributed by atoms with Crippen molar-refractivity contribution in [2.75, 3.05) is 26.3 Å². The maximum atomic E-state index is 12.7. The summed E-state index contributed by atoms with van der Waals surface area (Å²) in [5.41, 5.74) is 2.54. The second-order valence-electron chi connectivity index (χ2n) is 6.71. The van der Waals surface area contributed by atoms with Crippen molar-refractivity contribution < 1.29 is 14.1 Å². The molecule has 1 unspecified atom stereocenters. The Morgan fingerprint density at radius 1 is 1.15 bits per heavy atom. The number of aryl methyl sites for hydroxylation is 1. The first-order valence-electron chi connectivity index (χ1n) is 9.03. The topological polar surface area (TPSA) is 67.6 Å². The fourth-order valence-corrected chi connectivity index (χ4v) is 4.51. The Kier molecular flexibility index (Phi) is 5.24. The van der Waals surface area contributed by atoms with Crippen LogP contribution in [0.4, 0.5) is 0 Å². The Morgan fingerprint density at radius 2 is 1.89 bits per heavy atom. The van der Waals surface area contributed by atoms with E-state index in [0.29, 0.717) is 25.5 Å². The van der Waals surface area contributed by atoms with Crippen LogP contribution in [0.2, 0.25) is 0 Å². The van der Waals surface area contributed by atoms with Gasteiger partial charge in [0.05, 0.1) is 40.8 Å². The van der Waals surface area contributed by atoms with Crippen molar-refractivity contribution in [2.24, 2.45) is 7.05 Å². The van der Waals surface area contributed by atoms with Crippen LogP contribution in [0.25, 0.3) is 11.0 Å². The number of hydrogen-bond acceptors (Lipinski definition) is 5. The standard InChI is InChI=1S/C20H23N3O3S/c1-22-17-7-8-18(24)16(13-23-9-11-26-12-10-23)20(17)21-19(22)14-27(25)15-5-3-2-4-6-15/h2-8,24H,9-14H2,1H3. The van der Waals surface area contributed by atoms with Crippen LogP contribution in [0.15, 0.2) is 47.4 Å². The average Bonchev–Trinajstić information content (AvgIpc) is 3.01. The minimum atomic E-state index is -1.16. The number of phenols is 1. The molecule has 7 heteroatoms. The number of imidazole rings is 1. The van der Waals surface area contributed by atoms with Gasteiger partial charge < -0.3 is 14.4 Å². The summed E-state index contributed by atoms with van der Waals surface area (Å²) >= 11 is 0. The second-order valence-corrected chi connectivity index (χ2v) is 8.16. The molecule has 0 radical (unpaired) electrons. The van der Waals surface area contributed by atoms with E-state index in [1.165, 1.54) is 0 Å². The number of rotatable bonds is 5. The van der Waals surface area contributed by atoms with Gasteiger partial charge in [0, 0.05) is 37.1 Å². The van der Waals surface area contributed by atoms with Crippen molar-refractivity contribution in [3.63, 3.8) is 0 Å². The Balaban J connectivity index is 1.66. The van der Waals surface area contributed by atoms with Gasteiger partial charge in [0.2, 0.25) is 0 Å². The molecule has 0 spiro atoms. The van der Waals surface area contributed by atoms with Crippen LogP contribution in [0.3, 0.4) is 0 Å². The lowest BCUT2D eigenvalue weighted by Gasteiger charge is -2.26. The lowest BCUT2D eigenvalue weighted by atomic mass is 10.1. The monoisotopic (exact) mass is 385 g/mol. The van der Waals surface area contributed by atoms with E-state index in [9.17, 15) is 9.32 Å². The largest absolute Gasteiger partial charge is 0.508 e. The van der Waals surface area contributed by atoms with E-state index in [0.717, 1.165) is 40.4 Å². The normalized spacial score (nSPS) is 16.6. The van der Waals surface area contributed by atoms with E-state index in [2.05, 4.69) is 4.90 Å². The predicted molar refractivity (Wildman–Crippen MR) is 105 cm³/mol. The summed E-state index contributed by atoms with van der Waals surface area (Å²) in [7, 11) is 0.771. The zero-order chi connectivity index (χ0) is 18.8. The molecule has 4 rings (SSSR count). The van der Waals surface area contributed by atoms with E-state index >= 15 is 0 Å². The van der Waals surface area contributed by atoms with Crippen molar-refractivity contribution in [1.29, 1.82) is 0 Å². The number of hydrogen-bond donors (Lipinski definition) is 1. The van der Waals surface area contributed by atoms with E-state index in [1.807, 2.05) is 48.0 Å². The first-order chi connectivity index (χ1) is 13.1. The first kappa shape index (κ1) is 18.2. The summed E-state index contributed by atoms with van der Waals surface area (Å²) in [6, 6.07) is 13.0. The summed E-state index contributed by atoms with van der Waals surface area (Å²) < 4.78 is 20.1.